The largest absolute Gasteiger partial charge is 0.465 e. The number of fused-ring (bicyclic) bond motifs is 1. The quantitative estimate of drug-likeness (QED) is 0.232. The van der Waals surface area contributed by atoms with E-state index in [9.17, 15) is 18.0 Å². The van der Waals surface area contributed by atoms with Gasteiger partial charge in [-0.1, -0.05) is 19.1 Å². The lowest BCUT2D eigenvalue weighted by atomic mass is 9.96. The molecule has 0 saturated carbocycles. The Morgan fingerprint density at radius 3 is 2.81 bits per heavy atom. The summed E-state index contributed by atoms with van der Waals surface area (Å²) in [5.41, 5.74) is 1.51. The zero-order chi connectivity index (χ0) is 26.1. The van der Waals surface area contributed by atoms with Crippen molar-refractivity contribution in [1.82, 2.24) is 19.6 Å². The van der Waals surface area contributed by atoms with Crippen LogP contribution in [-0.2, 0) is 30.8 Å². The maximum atomic E-state index is 13.5. The third-order valence-electron chi connectivity index (χ3n) is 5.97. The van der Waals surface area contributed by atoms with Gasteiger partial charge in [-0.2, -0.15) is 4.72 Å². The molecule has 2 aromatic rings. The Kier molecular flexibility index (Phi) is 9.71. The molecule has 0 fully saturated rings. The molecule has 36 heavy (non-hydrogen) atoms. The van der Waals surface area contributed by atoms with Crippen LogP contribution >= 0.6 is 0 Å². The summed E-state index contributed by atoms with van der Waals surface area (Å²) in [6.45, 7) is 6.86. The number of nitrogens with zero attached hydrogens (tertiary/aromatic N) is 2. The number of anilines is 2. The van der Waals surface area contributed by atoms with Crippen molar-refractivity contribution in [3.63, 3.8) is 0 Å². The van der Waals surface area contributed by atoms with Gasteiger partial charge in [0.2, 0.25) is 15.9 Å². The number of carbonyl (C=O) groups excluding carboxylic acids is 2. The fourth-order valence-electron chi connectivity index (χ4n) is 4.18. The van der Waals surface area contributed by atoms with Gasteiger partial charge in [0.25, 0.3) is 0 Å². The van der Waals surface area contributed by atoms with E-state index in [1.807, 2.05) is 6.07 Å². The smallest absolute Gasteiger partial charge is 0.325 e. The molecule has 0 bridgehead atoms. The number of hydrogen-bond donors (Lipinski definition) is 4. The molecule has 0 saturated heterocycles. The van der Waals surface area contributed by atoms with Crippen molar-refractivity contribution in [2.75, 3.05) is 43.4 Å². The van der Waals surface area contributed by atoms with E-state index in [1.165, 1.54) is 4.90 Å². The fraction of sp³-hybridized carbons (Fsp3) is 0.542. The maximum absolute atomic E-state index is 13.5. The zero-order valence-electron chi connectivity index (χ0n) is 21.0. The van der Waals surface area contributed by atoms with E-state index in [1.54, 1.807) is 38.4 Å². The molecule has 198 valence electrons. The minimum absolute atomic E-state index is 0.117. The van der Waals surface area contributed by atoms with Gasteiger partial charge in [0.1, 0.15) is 17.5 Å². The molecule has 1 amide bonds. The Hall–Kier alpha value is -3.12. The summed E-state index contributed by atoms with van der Waals surface area (Å²) in [6, 6.07) is 4.12. The van der Waals surface area contributed by atoms with Gasteiger partial charge in [0.15, 0.2) is 5.95 Å². The van der Waals surface area contributed by atoms with Gasteiger partial charge < -0.3 is 25.3 Å². The predicted octanol–water partition coefficient (Wildman–Crippen LogP) is 1.96. The molecule has 0 spiro atoms. The van der Waals surface area contributed by atoms with Crippen molar-refractivity contribution < 1.29 is 22.7 Å². The normalized spacial score (nSPS) is 15.9. The number of amides is 1. The van der Waals surface area contributed by atoms with Crippen LogP contribution in [0.15, 0.2) is 35.5 Å². The van der Waals surface area contributed by atoms with Crippen molar-refractivity contribution >= 4 is 33.5 Å². The highest BCUT2D eigenvalue weighted by Crippen LogP contribution is 2.31. The maximum Gasteiger partial charge on any atom is 0.325 e. The van der Waals surface area contributed by atoms with Crippen LogP contribution in [0.3, 0.4) is 0 Å². The molecular weight excluding hydrogens is 484 g/mol. The summed E-state index contributed by atoms with van der Waals surface area (Å²) >= 11 is 0. The number of ether oxygens (including phenoxy) is 1. The average molecular weight is 521 g/mol. The Morgan fingerprint density at radius 2 is 2.11 bits per heavy atom. The summed E-state index contributed by atoms with van der Waals surface area (Å²) in [4.78, 5) is 33.9. The highest BCUT2D eigenvalue weighted by molar-refractivity contribution is 7.89. The van der Waals surface area contributed by atoms with Gasteiger partial charge in [0, 0.05) is 32.0 Å². The fourth-order valence-corrected chi connectivity index (χ4v) is 5.63. The van der Waals surface area contributed by atoms with Crippen LogP contribution in [0.4, 0.5) is 11.6 Å². The summed E-state index contributed by atoms with van der Waals surface area (Å²) in [5.74, 6) is -0.0321. The van der Waals surface area contributed by atoms with Gasteiger partial charge in [-0.15, -0.1) is 0 Å². The van der Waals surface area contributed by atoms with Crippen LogP contribution in [-0.4, -0.2) is 74.0 Å². The molecule has 1 aromatic heterocycles. The highest BCUT2D eigenvalue weighted by Gasteiger charge is 2.32. The standard InChI is InChI=1S/C24H36N6O5S/c1-4-30(16-21(31)35-5-2)23(32)19(9-7-11-25-24-26-12-13-27-24)29-36(33,34)20-10-6-8-18-14-17(3)15-28-22(18)20/h6,8,10,12-13,17,19,28-29H,4-5,7,9,11,14-16H2,1-3H3,(H2,25,26,27)/t17?,19-/m0/s1. The molecule has 12 heteroatoms. The number of para-hydroxylation sites is 1. The SMILES string of the molecule is CCOC(=O)CN(CC)C(=O)[C@H](CCCNc1ncc[nH]1)NS(=O)(=O)c1cccc2c1NCC(C)C2. The van der Waals surface area contributed by atoms with E-state index in [2.05, 4.69) is 32.2 Å². The summed E-state index contributed by atoms with van der Waals surface area (Å²) < 4.78 is 34.6. The van der Waals surface area contributed by atoms with E-state index in [4.69, 9.17) is 4.74 Å². The molecule has 1 aliphatic heterocycles. The van der Waals surface area contributed by atoms with Gasteiger partial charge in [0.05, 0.1) is 12.3 Å². The number of hydrogen-bond acceptors (Lipinski definition) is 8. The number of imidazole rings is 1. The summed E-state index contributed by atoms with van der Waals surface area (Å²) in [7, 11) is -4.04. The second kappa shape index (κ2) is 12.7. The van der Waals surface area contributed by atoms with Crippen LogP contribution in [0.25, 0.3) is 0 Å². The third kappa shape index (κ3) is 7.20. The van der Waals surface area contributed by atoms with Crippen LogP contribution < -0.4 is 15.4 Å². The Balaban J connectivity index is 1.79. The molecule has 2 heterocycles. The summed E-state index contributed by atoms with van der Waals surface area (Å²) in [5, 5.41) is 6.33. The van der Waals surface area contributed by atoms with Crippen molar-refractivity contribution in [3.8, 4) is 0 Å². The first-order chi connectivity index (χ1) is 17.2. The number of H-pyrrole nitrogens is 1. The van der Waals surface area contributed by atoms with E-state index in [0.29, 0.717) is 37.1 Å². The second-order valence-corrected chi connectivity index (χ2v) is 10.5. The lowest BCUT2D eigenvalue weighted by molar-refractivity contribution is -0.149. The number of rotatable bonds is 13. The first-order valence-electron chi connectivity index (χ1n) is 12.3. The molecular formula is C24H36N6O5S. The number of benzene rings is 1. The van der Waals surface area contributed by atoms with Crippen molar-refractivity contribution in [2.24, 2.45) is 5.92 Å². The van der Waals surface area contributed by atoms with E-state index < -0.39 is 27.9 Å². The lowest BCUT2D eigenvalue weighted by Gasteiger charge is -2.28. The third-order valence-corrected chi connectivity index (χ3v) is 7.49. The molecule has 1 aliphatic rings. The topological polar surface area (TPSA) is 146 Å². The number of sulfonamides is 1. The number of likely N-dealkylation sites (N-methyl/N-ethyl adjacent to an activating group) is 1. The molecule has 0 aliphatic carbocycles. The molecule has 1 unspecified atom stereocenters. The van der Waals surface area contributed by atoms with Gasteiger partial charge in [-0.25, -0.2) is 13.4 Å². The Labute approximate surface area is 212 Å². The van der Waals surface area contributed by atoms with Gasteiger partial charge in [-0.05, 0) is 50.7 Å². The molecule has 11 nitrogen and oxygen atoms in total. The monoisotopic (exact) mass is 520 g/mol. The van der Waals surface area contributed by atoms with Crippen molar-refractivity contribution in [2.45, 2.75) is 51.0 Å². The van der Waals surface area contributed by atoms with E-state index in [-0.39, 0.29) is 31.0 Å². The number of aromatic amines is 1. The minimum Gasteiger partial charge on any atom is -0.465 e. The number of carbonyl (C=O) groups is 2. The lowest BCUT2D eigenvalue weighted by Crippen LogP contribution is -2.50. The summed E-state index contributed by atoms with van der Waals surface area (Å²) in [6.07, 6.45) is 4.79. The highest BCUT2D eigenvalue weighted by atomic mass is 32.2. The van der Waals surface area contributed by atoms with Crippen LogP contribution in [0, 0.1) is 5.92 Å². The number of nitrogens with one attached hydrogen (secondary N) is 4. The van der Waals surface area contributed by atoms with Crippen LogP contribution in [0.2, 0.25) is 0 Å². The predicted molar refractivity (Wildman–Crippen MR) is 137 cm³/mol. The molecule has 1 aromatic carbocycles. The van der Waals surface area contributed by atoms with Crippen LogP contribution in [0.1, 0.15) is 39.2 Å². The van der Waals surface area contributed by atoms with E-state index in [0.717, 1.165) is 12.0 Å². The Morgan fingerprint density at radius 1 is 1.31 bits per heavy atom. The van der Waals surface area contributed by atoms with Gasteiger partial charge >= 0.3 is 5.97 Å². The van der Waals surface area contributed by atoms with Gasteiger partial charge in [-0.3, -0.25) is 9.59 Å². The molecule has 3 rings (SSSR count). The van der Waals surface area contributed by atoms with Crippen LogP contribution in [0.5, 0.6) is 0 Å². The Bertz CT molecular complexity index is 1120. The minimum atomic E-state index is -4.04. The average Bonchev–Trinajstić information content (AvgIpc) is 3.37. The molecule has 0 radical (unpaired) electrons. The van der Waals surface area contributed by atoms with Crippen molar-refractivity contribution in [1.29, 1.82) is 0 Å². The molecule has 2 atom stereocenters. The zero-order valence-corrected chi connectivity index (χ0v) is 21.9. The molecule has 4 N–H and O–H groups in total. The number of aromatic nitrogens is 2. The van der Waals surface area contributed by atoms with Crippen molar-refractivity contribution in [3.05, 3.63) is 36.2 Å². The second-order valence-electron chi connectivity index (χ2n) is 8.82. The first kappa shape index (κ1) is 27.5. The van der Waals surface area contributed by atoms with E-state index >= 15 is 0 Å². The number of esters is 1. The first-order valence-corrected chi connectivity index (χ1v) is 13.8.